The van der Waals surface area contributed by atoms with Gasteiger partial charge in [-0.2, -0.15) is 25.3 Å². The molecule has 2 aromatic rings. The van der Waals surface area contributed by atoms with Crippen molar-refractivity contribution in [3.8, 4) is 0 Å². The van der Waals surface area contributed by atoms with Crippen LogP contribution in [0, 0.1) is 53.3 Å². The van der Waals surface area contributed by atoms with Gasteiger partial charge >= 0.3 is 23.9 Å². The van der Waals surface area contributed by atoms with Gasteiger partial charge in [-0.1, -0.05) is 192 Å². The second-order valence-electron chi connectivity index (χ2n) is 25.5. The number of rotatable bonds is 27. The third kappa shape index (κ3) is 71.5. The van der Waals surface area contributed by atoms with E-state index in [9.17, 15) is 62.3 Å². The Morgan fingerprint density at radius 2 is 0.810 bits per heavy atom. The molecule has 0 unspecified atom stereocenters. The molecule has 2 atom stereocenters. The minimum absolute atomic E-state index is 0.0612. The lowest BCUT2D eigenvalue weighted by atomic mass is 10.0. The topological polar surface area (TPSA) is 430 Å². The minimum Gasteiger partial charge on any atom is -0.481 e. The summed E-state index contributed by atoms with van der Waals surface area (Å²) in [6.45, 7) is 43.0. The fourth-order valence-corrected chi connectivity index (χ4v) is 5.68. The van der Waals surface area contributed by atoms with Gasteiger partial charge in [-0.15, -0.1) is 0 Å². The van der Waals surface area contributed by atoms with Crippen LogP contribution < -0.4 is 48.2 Å². The second kappa shape index (κ2) is 64.5. The highest BCUT2D eigenvalue weighted by Gasteiger charge is 2.22. The molecule has 0 aromatic heterocycles. The molecule has 9 amide bonds. The van der Waals surface area contributed by atoms with Crippen LogP contribution in [-0.2, 0) is 78.2 Å². The Morgan fingerprint density at radius 1 is 0.450 bits per heavy atom. The van der Waals surface area contributed by atoms with Crippen LogP contribution in [0.3, 0.4) is 0 Å². The molecule has 28 nitrogen and oxygen atoms in total. The van der Waals surface area contributed by atoms with Gasteiger partial charge in [0.05, 0.1) is 19.1 Å². The van der Waals surface area contributed by atoms with Gasteiger partial charge in [-0.25, -0.2) is 15.8 Å². The molecule has 0 spiro atoms. The summed E-state index contributed by atoms with van der Waals surface area (Å²) in [4.78, 5) is 140. The number of carbonyl (C=O) groups excluding carboxylic acids is 11. The molecule has 0 saturated heterocycles. The van der Waals surface area contributed by atoms with Gasteiger partial charge in [-0.3, -0.25) is 67.9 Å². The van der Waals surface area contributed by atoms with Crippen molar-refractivity contribution in [1.82, 2.24) is 48.2 Å². The zero-order valence-corrected chi connectivity index (χ0v) is 65.3. The maximum Gasteiger partial charge on any atom is 0.329 e. The number of carboxylic acid groups (broad SMARTS) is 2. The molecule has 0 saturated carbocycles. The monoisotopic (exact) mass is 1460 g/mol. The number of hydrogen-bond acceptors (Lipinski definition) is 19. The molecule has 13 N–H and O–H groups in total. The maximum atomic E-state index is 11.4. The fraction of sp³-hybridized carbons (Fsp3) is 0.643. The Hall–Kier alpha value is -7.83. The standard InChI is InChI=1S/C13H19NO.C12H17NO.C10H19NO3.C9H17NO3S.C6H12N2O3.C6H11NO3.C6H13NOS.C4H9NO2.C4H8O2/c1-10(2)13(15)14-9-11(3)12-7-5-4-6-8-12;1-10(2)12(14)13-9-8-11-6-4-3-5-7-11;1-7(2)9(13)11-6-8(12)14-10(3,4)5;1-4-13-9(12)7(5-14)10-8(11)6(2)3;1-4(2)6(10)7-3-5(9)8-11;1-4(2)6(10)7-3-5(8)9;1-5(2)6(8)7-3-4-9;1-3(2)4(6)5-7;1-3(2)4(5)6/h4-8,10-11H,9H2,1-3H3,(H,14,15);3-7,10H,8-9H2,1-2H3,(H,13,14);7H,6H2,1-5H3,(H,11,13);6-7,14H,4-5H2,1-3H3,(H,10,11);4,11H,3H2,1-2H3,(H,7,10)(H,8,9);4H,3H2,1-2H3,(H,7,10)(H,8,9);5,9H,3-4H2,1-2H3,(H,7,8);3,7H,1-2H3,(H,5,6);3H,1-2H3,(H,5,6)/t11-;;;7-;;;;;/m0..0...../s1. The van der Waals surface area contributed by atoms with Crippen LogP contribution in [0.1, 0.15) is 176 Å². The Kier molecular flexibility index (Phi) is 68.2. The molecule has 576 valence electrons. The number of amides is 9. The number of ether oxygens (including phenoxy) is 2. The van der Waals surface area contributed by atoms with E-state index in [0.29, 0.717) is 31.4 Å². The van der Waals surface area contributed by atoms with E-state index in [4.69, 9.17) is 30.1 Å². The summed E-state index contributed by atoms with van der Waals surface area (Å²) >= 11 is 7.92. The van der Waals surface area contributed by atoms with Crippen molar-refractivity contribution < 1.29 is 92.4 Å². The number of benzene rings is 2. The zero-order chi connectivity index (χ0) is 79.4. The summed E-state index contributed by atoms with van der Waals surface area (Å²) in [5.74, 6) is -3.37. The van der Waals surface area contributed by atoms with Gasteiger partial charge in [0, 0.05) is 78.5 Å². The predicted molar refractivity (Wildman–Crippen MR) is 394 cm³/mol. The molecule has 100 heavy (non-hydrogen) atoms. The molecule has 2 rings (SSSR count). The Labute approximate surface area is 605 Å². The zero-order valence-electron chi connectivity index (χ0n) is 63.5. The van der Waals surface area contributed by atoms with E-state index in [-0.39, 0.29) is 126 Å². The summed E-state index contributed by atoms with van der Waals surface area (Å²) in [6, 6.07) is 19.7. The van der Waals surface area contributed by atoms with Crippen LogP contribution in [0.2, 0.25) is 0 Å². The molecule has 0 radical (unpaired) electrons. The van der Waals surface area contributed by atoms with Gasteiger partial charge < -0.3 is 56.9 Å². The van der Waals surface area contributed by atoms with Crippen LogP contribution in [0.25, 0.3) is 0 Å². The number of aliphatic carboxylic acids is 2. The number of carbonyl (C=O) groups is 13. The average molecular weight is 1460 g/mol. The summed E-state index contributed by atoms with van der Waals surface area (Å²) in [6.07, 6.45) is 0.902. The fourth-order valence-electron chi connectivity index (χ4n) is 5.33. The summed E-state index contributed by atoms with van der Waals surface area (Å²) in [7, 11) is 0. The van der Waals surface area contributed by atoms with Gasteiger partial charge in [0.25, 0.3) is 5.91 Å². The van der Waals surface area contributed by atoms with Crippen molar-refractivity contribution in [3.63, 3.8) is 0 Å². The maximum absolute atomic E-state index is 11.4. The molecule has 0 aliphatic heterocycles. The SMILES string of the molecule is CC(C)C(=O)NCC(=O)NO.CC(C)C(=O)NCC(=O)O.CC(C)C(=O)NCC(=O)OC(C)(C)C.CC(C)C(=O)NCCS.CC(C)C(=O)NCCc1ccccc1.CC(C)C(=O)NC[C@H](C)c1ccccc1.CC(C)C(=O)NO.CC(C)C(=O)O.CCOC(=O)[C@H](CS)NC(=O)C(C)C. The smallest absolute Gasteiger partial charge is 0.329 e. The number of hydroxylamine groups is 2. The summed E-state index contributed by atoms with van der Waals surface area (Å²) in [5.41, 5.74) is 4.96. The average Bonchev–Trinajstić information content (AvgIpc) is 0.978. The molecule has 0 heterocycles. The highest BCUT2D eigenvalue weighted by atomic mass is 32.1. The molecule has 2 aromatic carbocycles. The number of nitrogens with one attached hydrogen (secondary N) is 9. The Bertz CT molecular complexity index is 2600. The van der Waals surface area contributed by atoms with Crippen molar-refractivity contribution in [3.05, 3.63) is 71.8 Å². The van der Waals surface area contributed by atoms with Gasteiger partial charge in [-0.05, 0) is 51.2 Å². The second-order valence-corrected chi connectivity index (χ2v) is 26.3. The van der Waals surface area contributed by atoms with Crippen molar-refractivity contribution in [1.29, 1.82) is 0 Å². The quantitative estimate of drug-likeness (QED) is 0.0186. The van der Waals surface area contributed by atoms with Crippen LogP contribution in [0.5, 0.6) is 0 Å². The van der Waals surface area contributed by atoms with Crippen molar-refractivity contribution in [2.24, 2.45) is 53.3 Å². The summed E-state index contributed by atoms with van der Waals surface area (Å²) < 4.78 is 9.79. The van der Waals surface area contributed by atoms with Crippen LogP contribution in [-0.4, -0.2) is 167 Å². The molecular formula is C70H125N9O19S2. The molecule has 0 bridgehead atoms. The van der Waals surface area contributed by atoms with E-state index >= 15 is 0 Å². The lowest BCUT2D eigenvalue weighted by molar-refractivity contribution is -0.154. The third-order valence-electron chi connectivity index (χ3n) is 11.6. The Balaban J connectivity index is -0.000000197. The normalized spacial score (nSPS) is 10.7. The van der Waals surface area contributed by atoms with Crippen LogP contribution in [0.15, 0.2) is 60.7 Å². The molecular weight excluding hydrogens is 1330 g/mol. The number of carboxylic acids is 2. The number of thiol groups is 2. The molecule has 30 heteroatoms. The van der Waals surface area contributed by atoms with E-state index in [1.165, 1.54) is 22.1 Å². The number of hydrogen-bond donors (Lipinski definition) is 15. The highest BCUT2D eigenvalue weighted by molar-refractivity contribution is 7.80. The molecule has 0 aliphatic carbocycles. The minimum atomic E-state index is -1.02. The first-order valence-electron chi connectivity index (χ1n) is 33.1. The lowest BCUT2D eigenvalue weighted by Crippen LogP contribution is -2.44. The van der Waals surface area contributed by atoms with Gasteiger partial charge in [0.2, 0.25) is 47.3 Å². The highest BCUT2D eigenvalue weighted by Crippen LogP contribution is 2.13. The van der Waals surface area contributed by atoms with Crippen molar-refractivity contribution in [2.75, 3.05) is 57.4 Å². The van der Waals surface area contributed by atoms with E-state index in [2.05, 4.69) is 93.7 Å². The van der Waals surface area contributed by atoms with Gasteiger partial charge in [0.15, 0.2) is 0 Å². The third-order valence-corrected chi connectivity index (χ3v) is 12.2. The van der Waals surface area contributed by atoms with Crippen LogP contribution in [0.4, 0.5) is 0 Å². The molecule has 0 fully saturated rings. The summed E-state index contributed by atoms with van der Waals surface area (Å²) in [5, 5.41) is 50.2. The predicted octanol–water partition coefficient (Wildman–Crippen LogP) is 6.95. The van der Waals surface area contributed by atoms with E-state index < -0.39 is 41.4 Å². The first-order chi connectivity index (χ1) is 46.2. The first kappa shape index (κ1) is 106. The van der Waals surface area contributed by atoms with Crippen molar-refractivity contribution in [2.45, 2.75) is 183 Å². The van der Waals surface area contributed by atoms with E-state index in [1.54, 1.807) is 111 Å². The number of esters is 2. The molecule has 0 aliphatic rings. The van der Waals surface area contributed by atoms with Crippen molar-refractivity contribution >= 4 is 102 Å². The lowest BCUT2D eigenvalue weighted by Gasteiger charge is -2.19. The van der Waals surface area contributed by atoms with Gasteiger partial charge in [0.1, 0.15) is 24.7 Å². The first-order valence-corrected chi connectivity index (χ1v) is 34.4. The van der Waals surface area contributed by atoms with Crippen LogP contribution >= 0.6 is 25.3 Å². The van der Waals surface area contributed by atoms with E-state index in [1.807, 2.05) is 77.9 Å². The Morgan fingerprint density at radius 3 is 1.13 bits per heavy atom. The van der Waals surface area contributed by atoms with E-state index in [0.717, 1.165) is 13.0 Å². The largest absolute Gasteiger partial charge is 0.481 e.